The molecule has 1 fully saturated rings. The highest BCUT2D eigenvalue weighted by molar-refractivity contribution is 6.36. The largest absolute Gasteiger partial charge is 0.324 e. The summed E-state index contributed by atoms with van der Waals surface area (Å²) in [6, 6.07) is 14.6. The fraction of sp³-hybridized carbons (Fsp3) is 0.292. The van der Waals surface area contributed by atoms with Crippen LogP contribution in [0.1, 0.15) is 46.8 Å². The van der Waals surface area contributed by atoms with Crippen LogP contribution in [-0.2, 0) is 0 Å². The van der Waals surface area contributed by atoms with Gasteiger partial charge in [0.1, 0.15) is 10.7 Å². The molecule has 0 radical (unpaired) electrons. The Balaban J connectivity index is 1.55. The van der Waals surface area contributed by atoms with Crippen molar-refractivity contribution < 1.29 is 4.79 Å². The molecule has 3 aliphatic rings. The molecule has 7 heteroatoms. The van der Waals surface area contributed by atoms with E-state index in [-0.39, 0.29) is 18.0 Å². The summed E-state index contributed by atoms with van der Waals surface area (Å²) >= 11 is 6.96. The van der Waals surface area contributed by atoms with Crippen molar-refractivity contribution in [3.8, 4) is 0 Å². The molecule has 3 aromatic rings. The van der Waals surface area contributed by atoms with Crippen LogP contribution in [0.5, 0.6) is 0 Å². The molecule has 0 saturated heterocycles. The topological polar surface area (TPSA) is 53.7 Å². The Kier molecular flexibility index (Phi) is 4.18. The zero-order chi connectivity index (χ0) is 21.1. The first-order valence-corrected chi connectivity index (χ1v) is 11.0. The summed E-state index contributed by atoms with van der Waals surface area (Å²) in [5.41, 5.74) is 3.59. The van der Waals surface area contributed by atoms with E-state index in [2.05, 4.69) is 22.0 Å². The predicted octanol–water partition coefficient (Wildman–Crippen LogP) is 4.36. The summed E-state index contributed by atoms with van der Waals surface area (Å²) in [7, 11) is 1.80. The fourth-order valence-electron chi connectivity index (χ4n) is 5.28. The van der Waals surface area contributed by atoms with Gasteiger partial charge in [0.25, 0.3) is 5.91 Å². The number of fused-ring (bicyclic) bond motifs is 5. The molecule has 2 aliphatic heterocycles. The first kappa shape index (κ1) is 18.6. The van der Waals surface area contributed by atoms with Gasteiger partial charge in [-0.1, -0.05) is 41.9 Å². The Hall–Kier alpha value is -3.12. The van der Waals surface area contributed by atoms with Gasteiger partial charge in [0, 0.05) is 25.6 Å². The van der Waals surface area contributed by atoms with Gasteiger partial charge >= 0.3 is 0 Å². The van der Waals surface area contributed by atoms with Crippen molar-refractivity contribution in [3.05, 3.63) is 82.9 Å². The van der Waals surface area contributed by atoms with Crippen LogP contribution in [0, 0.1) is 0 Å². The molecule has 6 rings (SSSR count). The van der Waals surface area contributed by atoms with Gasteiger partial charge in [0.05, 0.1) is 23.8 Å². The maximum Gasteiger partial charge on any atom is 0.265 e. The summed E-state index contributed by atoms with van der Waals surface area (Å²) in [6.45, 7) is 0. The summed E-state index contributed by atoms with van der Waals surface area (Å²) in [5, 5.41) is 0.456. The van der Waals surface area contributed by atoms with E-state index >= 15 is 0 Å². The first-order chi connectivity index (χ1) is 15.1. The SMILES string of the molecule is CN1C(=O)c2c(cn(C(c3ccccc3)c3ccncc3)c2Cl)N2C1=N[C@@H]1CCC[C@@H]12. The second-order valence-electron chi connectivity index (χ2n) is 8.41. The summed E-state index contributed by atoms with van der Waals surface area (Å²) in [6.07, 6.45) is 8.92. The zero-order valence-electron chi connectivity index (χ0n) is 17.1. The van der Waals surface area contributed by atoms with E-state index < -0.39 is 0 Å². The molecule has 156 valence electrons. The Morgan fingerprint density at radius 1 is 1.06 bits per heavy atom. The van der Waals surface area contributed by atoms with E-state index in [1.165, 1.54) is 0 Å². The Labute approximate surface area is 185 Å². The third-order valence-electron chi connectivity index (χ3n) is 6.72. The third kappa shape index (κ3) is 2.67. The molecule has 1 unspecified atom stereocenters. The van der Waals surface area contributed by atoms with E-state index in [4.69, 9.17) is 16.6 Å². The Morgan fingerprint density at radius 3 is 2.58 bits per heavy atom. The second-order valence-corrected chi connectivity index (χ2v) is 8.77. The van der Waals surface area contributed by atoms with E-state index in [0.29, 0.717) is 16.8 Å². The number of guanidine groups is 1. The molecule has 31 heavy (non-hydrogen) atoms. The molecule has 6 nitrogen and oxygen atoms in total. The minimum Gasteiger partial charge on any atom is -0.324 e. The minimum absolute atomic E-state index is 0.102. The van der Waals surface area contributed by atoms with Gasteiger partial charge in [-0.25, -0.2) is 4.99 Å². The number of pyridine rings is 1. The molecule has 0 spiro atoms. The Bertz CT molecular complexity index is 1150. The molecular formula is C24H22ClN5O. The first-order valence-electron chi connectivity index (χ1n) is 10.7. The van der Waals surface area contributed by atoms with Crippen molar-refractivity contribution in [1.82, 2.24) is 14.5 Å². The molecule has 4 heterocycles. The van der Waals surface area contributed by atoms with E-state index in [9.17, 15) is 4.79 Å². The van der Waals surface area contributed by atoms with Crippen molar-refractivity contribution in [3.63, 3.8) is 0 Å². The van der Waals surface area contributed by atoms with Crippen molar-refractivity contribution in [1.29, 1.82) is 0 Å². The lowest BCUT2D eigenvalue weighted by Gasteiger charge is -2.35. The summed E-state index contributed by atoms with van der Waals surface area (Å²) in [4.78, 5) is 26.3. The summed E-state index contributed by atoms with van der Waals surface area (Å²) in [5.74, 6) is 0.649. The number of aromatic nitrogens is 2. The predicted molar refractivity (Wildman–Crippen MR) is 121 cm³/mol. The molecule has 1 aliphatic carbocycles. The smallest absolute Gasteiger partial charge is 0.265 e. The maximum atomic E-state index is 13.3. The van der Waals surface area contributed by atoms with Crippen LogP contribution >= 0.6 is 11.6 Å². The van der Waals surface area contributed by atoms with Crippen LogP contribution in [0.25, 0.3) is 0 Å². The minimum atomic E-state index is -0.164. The number of amides is 1. The number of rotatable bonds is 3. The highest BCUT2D eigenvalue weighted by Gasteiger charge is 2.48. The van der Waals surface area contributed by atoms with Crippen LogP contribution in [0.15, 0.2) is 66.0 Å². The number of anilines is 1. The number of carbonyl (C=O) groups excluding carboxylic acids is 1. The van der Waals surface area contributed by atoms with Crippen molar-refractivity contribution in [2.45, 2.75) is 37.4 Å². The molecule has 1 amide bonds. The highest BCUT2D eigenvalue weighted by atomic mass is 35.5. The van der Waals surface area contributed by atoms with Gasteiger partial charge in [0.2, 0.25) is 5.96 Å². The van der Waals surface area contributed by atoms with Crippen LogP contribution in [0.4, 0.5) is 5.69 Å². The number of carbonyl (C=O) groups is 1. The number of aliphatic imine (C=N–C) groups is 1. The molecule has 0 N–H and O–H groups in total. The van der Waals surface area contributed by atoms with Crippen LogP contribution in [-0.4, -0.2) is 45.4 Å². The number of hydrogen-bond acceptors (Lipinski definition) is 4. The third-order valence-corrected chi connectivity index (χ3v) is 7.10. The fourth-order valence-corrected chi connectivity index (χ4v) is 5.60. The lowest BCUT2D eigenvalue weighted by atomic mass is 9.99. The lowest BCUT2D eigenvalue weighted by molar-refractivity contribution is 0.0865. The standard InChI is InChI=1S/C24H22ClN5O/c1-28-23(31)20-19(30-18-9-5-8-17(18)27-24(28)30)14-29(22(20)25)21(15-6-3-2-4-7-15)16-10-12-26-13-11-16/h2-4,6-7,10-14,17-18,21H,5,8-9H2,1H3/t17-,18+,21?/m1/s1. The Morgan fingerprint density at radius 2 is 1.81 bits per heavy atom. The van der Waals surface area contributed by atoms with Gasteiger partial charge in [-0.05, 0) is 42.5 Å². The molecule has 2 aromatic heterocycles. The molecule has 1 saturated carbocycles. The van der Waals surface area contributed by atoms with Crippen LogP contribution < -0.4 is 4.90 Å². The summed E-state index contributed by atoms with van der Waals surface area (Å²) < 4.78 is 2.02. The average Bonchev–Trinajstić information content (AvgIpc) is 3.48. The van der Waals surface area contributed by atoms with Gasteiger partial charge in [-0.3, -0.25) is 14.7 Å². The van der Waals surface area contributed by atoms with Crippen molar-refractivity contribution >= 4 is 29.2 Å². The molecular weight excluding hydrogens is 410 g/mol. The maximum absolute atomic E-state index is 13.3. The van der Waals surface area contributed by atoms with Crippen LogP contribution in [0.3, 0.4) is 0 Å². The van der Waals surface area contributed by atoms with Gasteiger partial charge in [-0.15, -0.1) is 0 Å². The number of hydrogen-bond donors (Lipinski definition) is 0. The van der Waals surface area contributed by atoms with E-state index in [1.807, 2.05) is 41.1 Å². The number of nitrogens with zero attached hydrogens (tertiary/aromatic N) is 5. The molecule has 3 atom stereocenters. The number of halogens is 1. The quantitative estimate of drug-likeness (QED) is 0.619. The molecule has 0 bridgehead atoms. The van der Waals surface area contributed by atoms with Gasteiger partial charge in [-0.2, -0.15) is 0 Å². The number of benzene rings is 1. The van der Waals surface area contributed by atoms with Gasteiger partial charge in [0.15, 0.2) is 0 Å². The molecule has 1 aromatic carbocycles. The van der Waals surface area contributed by atoms with Crippen molar-refractivity contribution in [2.24, 2.45) is 4.99 Å². The monoisotopic (exact) mass is 431 g/mol. The van der Waals surface area contributed by atoms with E-state index in [1.54, 1.807) is 24.3 Å². The van der Waals surface area contributed by atoms with E-state index in [0.717, 1.165) is 42.0 Å². The zero-order valence-corrected chi connectivity index (χ0v) is 17.9. The average molecular weight is 432 g/mol. The second kappa shape index (κ2) is 6.95. The van der Waals surface area contributed by atoms with Crippen LogP contribution in [0.2, 0.25) is 5.15 Å². The highest BCUT2D eigenvalue weighted by Crippen LogP contribution is 2.45. The lowest BCUT2D eigenvalue weighted by Crippen LogP contribution is -2.50. The normalized spacial score (nSPS) is 22.8. The van der Waals surface area contributed by atoms with Crippen molar-refractivity contribution in [2.75, 3.05) is 11.9 Å². The van der Waals surface area contributed by atoms with Gasteiger partial charge < -0.3 is 9.47 Å².